The van der Waals surface area contributed by atoms with Crippen molar-refractivity contribution in [3.63, 3.8) is 0 Å². The van der Waals surface area contributed by atoms with Crippen LogP contribution in [0.2, 0.25) is 0 Å². The molecule has 0 amide bonds. The van der Waals surface area contributed by atoms with Gasteiger partial charge in [0.25, 0.3) is 0 Å². The molecule has 32 heavy (non-hydrogen) atoms. The summed E-state index contributed by atoms with van der Waals surface area (Å²) in [6.45, 7) is 3.76. The molecule has 0 saturated heterocycles. The molecule has 0 radical (unpaired) electrons. The van der Waals surface area contributed by atoms with E-state index in [1.54, 1.807) is 39.9 Å². The summed E-state index contributed by atoms with van der Waals surface area (Å²) in [6, 6.07) is 15.9. The van der Waals surface area contributed by atoms with Crippen LogP contribution in [0.4, 0.5) is 5.95 Å². The lowest BCUT2D eigenvalue weighted by atomic mass is 10.1. The second kappa shape index (κ2) is 11.6. The van der Waals surface area contributed by atoms with Gasteiger partial charge in [0.2, 0.25) is 11.8 Å². The fourth-order valence-corrected chi connectivity index (χ4v) is 3.11. The maximum Gasteiger partial charge on any atom is 0.229 e. The van der Waals surface area contributed by atoms with Gasteiger partial charge in [0.15, 0.2) is 0 Å². The van der Waals surface area contributed by atoms with E-state index in [0.717, 1.165) is 28.2 Å². The van der Waals surface area contributed by atoms with Crippen LogP contribution in [0.25, 0.3) is 6.08 Å². The molecule has 0 bridgehead atoms. The monoisotopic (exact) mass is 435 g/mol. The predicted octanol–water partition coefficient (Wildman–Crippen LogP) is 4.72. The predicted molar refractivity (Wildman–Crippen MR) is 125 cm³/mol. The summed E-state index contributed by atoms with van der Waals surface area (Å²) < 4.78 is 21.4. The van der Waals surface area contributed by atoms with Crippen LogP contribution in [0.1, 0.15) is 23.6 Å². The summed E-state index contributed by atoms with van der Waals surface area (Å²) in [6.07, 6.45) is 5.16. The zero-order valence-corrected chi connectivity index (χ0v) is 18.9. The van der Waals surface area contributed by atoms with Crippen LogP contribution in [0.5, 0.6) is 17.4 Å². The van der Waals surface area contributed by atoms with Crippen LogP contribution >= 0.6 is 0 Å². The van der Waals surface area contributed by atoms with E-state index in [4.69, 9.17) is 18.9 Å². The lowest BCUT2D eigenvalue weighted by Crippen LogP contribution is -2.24. The van der Waals surface area contributed by atoms with Crippen molar-refractivity contribution in [3.8, 4) is 17.4 Å². The Hall–Kier alpha value is -3.74. The van der Waals surface area contributed by atoms with E-state index in [-0.39, 0.29) is 0 Å². The van der Waals surface area contributed by atoms with Gasteiger partial charge in [-0.1, -0.05) is 24.3 Å². The summed E-state index contributed by atoms with van der Waals surface area (Å²) in [5.41, 5.74) is 2.97. The molecule has 0 aliphatic carbocycles. The van der Waals surface area contributed by atoms with Crippen LogP contribution in [0, 0.1) is 0 Å². The summed E-state index contributed by atoms with van der Waals surface area (Å²) in [4.78, 5) is 11.4. The Morgan fingerprint density at radius 3 is 1.84 bits per heavy atom. The number of anilines is 1. The third-order valence-electron chi connectivity index (χ3n) is 4.82. The number of ether oxygens (including phenoxy) is 4. The molecule has 2 aromatic carbocycles. The first-order valence-electron chi connectivity index (χ1n) is 10.4. The van der Waals surface area contributed by atoms with Crippen LogP contribution in [-0.4, -0.2) is 37.9 Å². The van der Waals surface area contributed by atoms with Gasteiger partial charge in [0.05, 0.1) is 39.8 Å². The molecule has 1 heterocycles. The van der Waals surface area contributed by atoms with Gasteiger partial charge in [-0.3, -0.25) is 0 Å². The molecule has 0 fully saturated rings. The highest BCUT2D eigenvalue weighted by Gasteiger charge is 2.15. The Bertz CT molecular complexity index is 955. The Morgan fingerprint density at radius 2 is 1.38 bits per heavy atom. The Morgan fingerprint density at radius 1 is 0.812 bits per heavy atom. The van der Waals surface area contributed by atoms with Crippen molar-refractivity contribution >= 4 is 12.0 Å². The Labute approximate surface area is 189 Å². The lowest BCUT2D eigenvalue weighted by Gasteiger charge is -2.24. The van der Waals surface area contributed by atoms with E-state index in [1.165, 1.54) is 0 Å². The normalized spacial score (nSPS) is 10.8. The van der Waals surface area contributed by atoms with E-state index < -0.39 is 0 Å². The summed E-state index contributed by atoms with van der Waals surface area (Å²) >= 11 is 0. The number of hydrogen-bond donors (Lipinski definition) is 0. The highest BCUT2D eigenvalue weighted by molar-refractivity contribution is 5.54. The summed E-state index contributed by atoms with van der Waals surface area (Å²) in [5.74, 6) is 2.69. The molecule has 0 aliphatic heterocycles. The molecular formula is C25H29N3O4. The maximum atomic E-state index is 5.51. The zero-order chi connectivity index (χ0) is 22.8. The number of methoxy groups -OCH3 is 3. The number of aromatic nitrogens is 2. The third kappa shape index (κ3) is 6.14. The molecule has 0 N–H and O–H groups in total. The van der Waals surface area contributed by atoms with Gasteiger partial charge in [-0.05, 0) is 48.4 Å². The molecule has 0 unspecified atom stereocenters. The topological polar surface area (TPSA) is 65.9 Å². The highest BCUT2D eigenvalue weighted by atomic mass is 16.5. The van der Waals surface area contributed by atoms with Crippen molar-refractivity contribution in [3.05, 3.63) is 77.7 Å². The number of benzene rings is 2. The molecule has 0 aliphatic rings. The first-order chi connectivity index (χ1) is 15.7. The smallest absolute Gasteiger partial charge is 0.229 e. The molecule has 0 saturated carbocycles. The molecule has 7 nitrogen and oxygen atoms in total. The molecule has 0 spiro atoms. The SMILES string of the molecule is CCO/C=C/c1cnc(N(Cc2ccc(OC)cc2)Cc2ccc(OC)cc2)nc1OC. The second-order valence-electron chi connectivity index (χ2n) is 6.94. The standard InChI is InChI=1S/C25H29N3O4/c1-5-32-15-14-21-16-26-25(27-24(21)31-4)28(17-19-6-10-22(29-2)11-7-19)18-20-8-12-23(30-3)13-9-20/h6-16H,5,17-18H2,1-4H3/b15-14+. The molecule has 3 aromatic rings. The van der Waals surface area contributed by atoms with Gasteiger partial charge in [0, 0.05) is 19.3 Å². The van der Waals surface area contributed by atoms with Gasteiger partial charge in [-0.15, -0.1) is 0 Å². The quantitative estimate of drug-likeness (QED) is 0.404. The van der Waals surface area contributed by atoms with Crippen molar-refractivity contribution in [1.82, 2.24) is 9.97 Å². The van der Waals surface area contributed by atoms with Crippen molar-refractivity contribution < 1.29 is 18.9 Å². The van der Waals surface area contributed by atoms with Gasteiger partial charge >= 0.3 is 0 Å². The largest absolute Gasteiger partial charge is 0.501 e. The minimum absolute atomic E-state index is 0.486. The fourth-order valence-electron chi connectivity index (χ4n) is 3.11. The number of nitrogens with zero attached hydrogens (tertiary/aromatic N) is 3. The molecule has 1 aromatic heterocycles. The minimum Gasteiger partial charge on any atom is -0.501 e. The minimum atomic E-state index is 0.486. The maximum absolute atomic E-state index is 5.51. The fraction of sp³-hybridized carbons (Fsp3) is 0.280. The molecule has 0 atom stereocenters. The van der Waals surface area contributed by atoms with Gasteiger partial charge in [0.1, 0.15) is 11.5 Å². The summed E-state index contributed by atoms with van der Waals surface area (Å²) in [7, 11) is 4.92. The van der Waals surface area contributed by atoms with E-state index in [2.05, 4.69) is 14.9 Å². The molecular weight excluding hydrogens is 406 g/mol. The average Bonchev–Trinajstić information content (AvgIpc) is 2.85. The Kier molecular flexibility index (Phi) is 8.31. The van der Waals surface area contributed by atoms with Gasteiger partial charge in [-0.25, -0.2) is 4.98 Å². The van der Waals surface area contributed by atoms with Crippen LogP contribution in [-0.2, 0) is 17.8 Å². The van der Waals surface area contributed by atoms with Crippen molar-refractivity contribution in [2.24, 2.45) is 0 Å². The average molecular weight is 436 g/mol. The first-order valence-corrected chi connectivity index (χ1v) is 10.4. The van der Waals surface area contributed by atoms with E-state index in [9.17, 15) is 0 Å². The van der Waals surface area contributed by atoms with Crippen molar-refractivity contribution in [2.75, 3.05) is 32.8 Å². The van der Waals surface area contributed by atoms with Crippen LogP contribution < -0.4 is 19.1 Å². The van der Waals surface area contributed by atoms with E-state index >= 15 is 0 Å². The van der Waals surface area contributed by atoms with Crippen molar-refractivity contribution in [1.29, 1.82) is 0 Å². The van der Waals surface area contributed by atoms with E-state index in [0.29, 0.717) is 31.5 Å². The van der Waals surface area contributed by atoms with Crippen LogP contribution in [0.15, 0.2) is 61.0 Å². The highest BCUT2D eigenvalue weighted by Crippen LogP contribution is 2.24. The second-order valence-corrected chi connectivity index (χ2v) is 6.94. The third-order valence-corrected chi connectivity index (χ3v) is 4.82. The van der Waals surface area contributed by atoms with Gasteiger partial charge in [-0.2, -0.15) is 4.98 Å². The van der Waals surface area contributed by atoms with Crippen LogP contribution in [0.3, 0.4) is 0 Å². The Balaban J connectivity index is 1.90. The summed E-state index contributed by atoms with van der Waals surface area (Å²) in [5, 5.41) is 0. The van der Waals surface area contributed by atoms with Crippen molar-refractivity contribution in [2.45, 2.75) is 20.0 Å². The lowest BCUT2D eigenvalue weighted by molar-refractivity contribution is 0.272. The first kappa shape index (κ1) is 22.9. The zero-order valence-electron chi connectivity index (χ0n) is 18.9. The molecule has 7 heteroatoms. The number of hydrogen-bond acceptors (Lipinski definition) is 7. The molecule has 168 valence electrons. The van der Waals surface area contributed by atoms with Gasteiger partial charge < -0.3 is 23.8 Å². The van der Waals surface area contributed by atoms with E-state index in [1.807, 2.05) is 55.5 Å². The number of rotatable bonds is 11. The molecule has 3 rings (SSSR count).